The van der Waals surface area contributed by atoms with Crippen LogP contribution >= 0.6 is 0 Å². The molecular weight excluding hydrogens is 196 g/mol. The minimum absolute atomic E-state index is 0.540. The van der Waals surface area contributed by atoms with Gasteiger partial charge < -0.3 is 5.32 Å². The van der Waals surface area contributed by atoms with Gasteiger partial charge in [0.05, 0.1) is 0 Å². The van der Waals surface area contributed by atoms with Crippen molar-refractivity contribution in [2.24, 2.45) is 17.3 Å². The molecule has 0 radical (unpaired) electrons. The number of hydrogen-bond acceptors (Lipinski definition) is 2. The normalized spacial score (nSPS) is 41.1. The van der Waals surface area contributed by atoms with Gasteiger partial charge in [0.25, 0.3) is 0 Å². The SMILES string of the molecule is CC1CC(C)N(CC2(C(C)C)CCNC2)C1. The van der Waals surface area contributed by atoms with Gasteiger partial charge in [0.1, 0.15) is 0 Å². The van der Waals surface area contributed by atoms with Crippen LogP contribution in [0.5, 0.6) is 0 Å². The van der Waals surface area contributed by atoms with E-state index in [-0.39, 0.29) is 0 Å². The maximum atomic E-state index is 3.57. The standard InChI is InChI=1S/C14H28N2/c1-11(2)14(5-6-15-9-14)10-16-8-12(3)7-13(16)4/h11-13,15H,5-10H2,1-4H3. The molecule has 16 heavy (non-hydrogen) atoms. The molecule has 0 aromatic carbocycles. The van der Waals surface area contributed by atoms with E-state index in [1.54, 1.807) is 0 Å². The van der Waals surface area contributed by atoms with Gasteiger partial charge in [-0.05, 0) is 43.6 Å². The zero-order chi connectivity index (χ0) is 11.8. The van der Waals surface area contributed by atoms with Gasteiger partial charge in [0, 0.05) is 25.7 Å². The first-order valence-electron chi connectivity index (χ1n) is 6.98. The molecule has 0 amide bonds. The highest BCUT2D eigenvalue weighted by molar-refractivity contribution is 4.95. The van der Waals surface area contributed by atoms with E-state index in [2.05, 4.69) is 37.9 Å². The van der Waals surface area contributed by atoms with Crippen LogP contribution in [-0.4, -0.2) is 37.1 Å². The van der Waals surface area contributed by atoms with Gasteiger partial charge in [-0.15, -0.1) is 0 Å². The molecule has 2 heteroatoms. The molecule has 2 saturated heterocycles. The van der Waals surface area contributed by atoms with Crippen molar-refractivity contribution in [1.82, 2.24) is 10.2 Å². The third kappa shape index (κ3) is 2.28. The summed E-state index contributed by atoms with van der Waals surface area (Å²) in [5, 5.41) is 3.57. The molecule has 0 bridgehead atoms. The van der Waals surface area contributed by atoms with Crippen molar-refractivity contribution in [3.05, 3.63) is 0 Å². The molecule has 3 atom stereocenters. The Morgan fingerprint density at radius 3 is 2.56 bits per heavy atom. The lowest BCUT2D eigenvalue weighted by molar-refractivity contribution is 0.112. The zero-order valence-electron chi connectivity index (χ0n) is 11.4. The van der Waals surface area contributed by atoms with Gasteiger partial charge in [0.2, 0.25) is 0 Å². The lowest BCUT2D eigenvalue weighted by Gasteiger charge is -2.38. The molecule has 0 saturated carbocycles. The Kier molecular flexibility index (Phi) is 3.60. The summed E-state index contributed by atoms with van der Waals surface area (Å²) >= 11 is 0. The first kappa shape index (κ1) is 12.4. The van der Waals surface area contributed by atoms with Gasteiger partial charge in [-0.25, -0.2) is 0 Å². The fourth-order valence-electron chi connectivity index (χ4n) is 3.58. The van der Waals surface area contributed by atoms with Crippen LogP contribution in [-0.2, 0) is 0 Å². The predicted molar refractivity (Wildman–Crippen MR) is 69.6 cm³/mol. The Morgan fingerprint density at radius 2 is 2.12 bits per heavy atom. The number of nitrogens with one attached hydrogen (secondary N) is 1. The van der Waals surface area contributed by atoms with Gasteiger partial charge in [-0.1, -0.05) is 20.8 Å². The lowest BCUT2D eigenvalue weighted by Crippen LogP contribution is -2.44. The van der Waals surface area contributed by atoms with E-state index >= 15 is 0 Å². The quantitative estimate of drug-likeness (QED) is 0.791. The number of likely N-dealkylation sites (tertiary alicyclic amines) is 1. The highest BCUT2D eigenvalue weighted by atomic mass is 15.2. The van der Waals surface area contributed by atoms with Crippen molar-refractivity contribution >= 4 is 0 Å². The van der Waals surface area contributed by atoms with Gasteiger partial charge in [-0.3, -0.25) is 4.90 Å². The van der Waals surface area contributed by atoms with Gasteiger partial charge in [-0.2, -0.15) is 0 Å². The van der Waals surface area contributed by atoms with Crippen LogP contribution in [0, 0.1) is 17.3 Å². The van der Waals surface area contributed by atoms with E-state index in [0.29, 0.717) is 5.41 Å². The van der Waals surface area contributed by atoms with Crippen LogP contribution in [0.4, 0.5) is 0 Å². The average Bonchev–Trinajstić information content (AvgIpc) is 2.76. The summed E-state index contributed by atoms with van der Waals surface area (Å²) in [7, 11) is 0. The molecule has 1 N–H and O–H groups in total. The molecule has 0 spiro atoms. The summed E-state index contributed by atoms with van der Waals surface area (Å²) < 4.78 is 0. The number of hydrogen-bond donors (Lipinski definition) is 1. The fourth-order valence-corrected chi connectivity index (χ4v) is 3.58. The molecule has 94 valence electrons. The molecule has 2 fully saturated rings. The second kappa shape index (κ2) is 4.66. The van der Waals surface area contributed by atoms with E-state index in [1.807, 2.05) is 0 Å². The number of nitrogens with zero attached hydrogens (tertiary/aromatic N) is 1. The molecule has 2 rings (SSSR count). The molecule has 2 nitrogen and oxygen atoms in total. The van der Waals surface area contributed by atoms with Crippen molar-refractivity contribution in [2.75, 3.05) is 26.2 Å². The molecule has 0 aromatic rings. The molecule has 0 aromatic heterocycles. The van der Waals surface area contributed by atoms with Crippen molar-refractivity contribution in [2.45, 2.75) is 46.6 Å². The van der Waals surface area contributed by atoms with Crippen molar-refractivity contribution in [3.8, 4) is 0 Å². The van der Waals surface area contributed by atoms with Crippen molar-refractivity contribution < 1.29 is 0 Å². The highest BCUT2D eigenvalue weighted by Gasteiger charge is 2.40. The summed E-state index contributed by atoms with van der Waals surface area (Å²) in [5.74, 6) is 1.69. The minimum Gasteiger partial charge on any atom is -0.316 e. The summed E-state index contributed by atoms with van der Waals surface area (Å²) in [6.45, 7) is 14.7. The maximum absolute atomic E-state index is 3.57. The summed E-state index contributed by atoms with van der Waals surface area (Å²) in [5.41, 5.74) is 0.540. The predicted octanol–water partition coefficient (Wildman–Crippen LogP) is 2.35. The molecule has 2 heterocycles. The van der Waals surface area contributed by atoms with Crippen LogP contribution in [0.2, 0.25) is 0 Å². The lowest BCUT2D eigenvalue weighted by atomic mass is 9.76. The largest absolute Gasteiger partial charge is 0.316 e. The Hall–Kier alpha value is -0.0800. The third-order valence-corrected chi connectivity index (χ3v) is 4.93. The summed E-state index contributed by atoms with van der Waals surface area (Å²) in [6, 6.07) is 0.797. The molecular formula is C14H28N2. The summed E-state index contributed by atoms with van der Waals surface area (Å²) in [6.07, 6.45) is 2.75. The zero-order valence-corrected chi connectivity index (χ0v) is 11.4. The highest BCUT2D eigenvalue weighted by Crippen LogP contribution is 2.37. The van der Waals surface area contributed by atoms with Gasteiger partial charge in [0.15, 0.2) is 0 Å². The first-order chi connectivity index (χ1) is 7.53. The van der Waals surface area contributed by atoms with E-state index in [1.165, 1.54) is 39.0 Å². The van der Waals surface area contributed by atoms with Crippen LogP contribution < -0.4 is 5.32 Å². The monoisotopic (exact) mass is 224 g/mol. The second-order valence-corrected chi connectivity index (χ2v) is 6.56. The topological polar surface area (TPSA) is 15.3 Å². The van der Waals surface area contributed by atoms with E-state index in [9.17, 15) is 0 Å². The fraction of sp³-hybridized carbons (Fsp3) is 1.00. The average molecular weight is 224 g/mol. The molecule has 0 aliphatic carbocycles. The summed E-state index contributed by atoms with van der Waals surface area (Å²) in [4.78, 5) is 2.73. The maximum Gasteiger partial charge on any atom is 0.00702 e. The Morgan fingerprint density at radius 1 is 1.38 bits per heavy atom. The third-order valence-electron chi connectivity index (χ3n) is 4.93. The molecule has 2 aliphatic heterocycles. The number of rotatable bonds is 3. The van der Waals surface area contributed by atoms with Crippen molar-refractivity contribution in [3.63, 3.8) is 0 Å². The van der Waals surface area contributed by atoms with Crippen LogP contribution in [0.1, 0.15) is 40.5 Å². The van der Waals surface area contributed by atoms with Crippen LogP contribution in [0.3, 0.4) is 0 Å². The van der Waals surface area contributed by atoms with Crippen molar-refractivity contribution in [1.29, 1.82) is 0 Å². The molecule has 3 unspecified atom stereocenters. The smallest absolute Gasteiger partial charge is 0.00702 e. The van der Waals surface area contributed by atoms with E-state index < -0.39 is 0 Å². The Bertz CT molecular complexity index is 231. The second-order valence-electron chi connectivity index (χ2n) is 6.56. The Balaban J connectivity index is 2.01. The Labute approximate surface area is 101 Å². The van der Waals surface area contributed by atoms with E-state index in [4.69, 9.17) is 0 Å². The van der Waals surface area contributed by atoms with E-state index in [0.717, 1.165) is 17.9 Å². The minimum atomic E-state index is 0.540. The van der Waals surface area contributed by atoms with Crippen LogP contribution in [0.25, 0.3) is 0 Å². The van der Waals surface area contributed by atoms with Crippen LogP contribution in [0.15, 0.2) is 0 Å². The molecule has 2 aliphatic rings. The van der Waals surface area contributed by atoms with Gasteiger partial charge >= 0.3 is 0 Å². The first-order valence-corrected chi connectivity index (χ1v) is 6.98.